The second-order valence-electron chi connectivity index (χ2n) is 3.09. The molecule has 0 saturated heterocycles. The molecule has 2 rings (SSSR count). The lowest BCUT2D eigenvalue weighted by atomic mass is 10.3. The van der Waals surface area contributed by atoms with Crippen molar-refractivity contribution >= 4 is 22.6 Å². The molecule has 1 heterocycles. The van der Waals surface area contributed by atoms with Crippen LogP contribution in [0.25, 0.3) is 5.69 Å². The normalized spacial score (nSPS) is 10.4. The molecule has 1 aromatic carbocycles. The number of benzene rings is 1. The average Bonchev–Trinajstić information content (AvgIpc) is 2.47. The number of hydrogen-bond donors (Lipinski definition) is 1. The van der Waals surface area contributed by atoms with E-state index in [0.717, 1.165) is 15.0 Å². The van der Waals surface area contributed by atoms with Crippen LogP contribution in [0.1, 0.15) is 5.69 Å². The summed E-state index contributed by atoms with van der Waals surface area (Å²) in [4.78, 5) is 11.5. The highest BCUT2D eigenvalue weighted by Gasteiger charge is 2.01. The van der Waals surface area contributed by atoms with E-state index in [4.69, 9.17) is 0 Å². The molecule has 0 atom stereocenters. The summed E-state index contributed by atoms with van der Waals surface area (Å²) in [5.74, 6) is 0. The lowest BCUT2D eigenvalue weighted by Crippen LogP contribution is -2.13. The molecule has 0 fully saturated rings. The first-order valence-corrected chi connectivity index (χ1v) is 5.29. The zero-order chi connectivity index (χ0) is 10.1. The lowest BCUT2D eigenvalue weighted by Gasteiger charge is -2.00. The van der Waals surface area contributed by atoms with Gasteiger partial charge in [0, 0.05) is 15.3 Å². The summed E-state index contributed by atoms with van der Waals surface area (Å²) >= 11 is 2.23. The van der Waals surface area contributed by atoms with E-state index < -0.39 is 0 Å². The molecule has 0 aliphatic carbocycles. The number of aryl methyl sites for hydroxylation is 1. The SMILES string of the molecule is Cc1cc(=O)n(-c2ccc(I)cc2)[nH]1. The monoisotopic (exact) mass is 300 g/mol. The predicted octanol–water partition coefficient (Wildman–Crippen LogP) is 2.08. The van der Waals surface area contributed by atoms with Crippen molar-refractivity contribution in [3.8, 4) is 5.69 Å². The van der Waals surface area contributed by atoms with Gasteiger partial charge in [-0.15, -0.1) is 0 Å². The molecule has 3 nitrogen and oxygen atoms in total. The Morgan fingerprint density at radius 1 is 1.29 bits per heavy atom. The topological polar surface area (TPSA) is 37.8 Å². The van der Waals surface area contributed by atoms with Crippen LogP contribution in [0.2, 0.25) is 0 Å². The van der Waals surface area contributed by atoms with Crippen LogP contribution in [0.15, 0.2) is 35.1 Å². The minimum Gasteiger partial charge on any atom is -0.295 e. The van der Waals surface area contributed by atoms with Gasteiger partial charge in [0.05, 0.1) is 5.69 Å². The van der Waals surface area contributed by atoms with Gasteiger partial charge < -0.3 is 0 Å². The van der Waals surface area contributed by atoms with Crippen molar-refractivity contribution in [3.63, 3.8) is 0 Å². The summed E-state index contributed by atoms with van der Waals surface area (Å²) in [6.07, 6.45) is 0. The van der Waals surface area contributed by atoms with Crippen LogP contribution in [-0.2, 0) is 0 Å². The number of aromatic amines is 1. The Labute approximate surface area is 94.9 Å². The first-order chi connectivity index (χ1) is 6.66. The van der Waals surface area contributed by atoms with Gasteiger partial charge in [-0.05, 0) is 53.8 Å². The third-order valence-corrected chi connectivity index (χ3v) is 2.65. The Morgan fingerprint density at radius 3 is 2.43 bits per heavy atom. The zero-order valence-electron chi connectivity index (χ0n) is 7.62. The molecule has 0 saturated carbocycles. The molecule has 1 N–H and O–H groups in total. The highest BCUT2D eigenvalue weighted by molar-refractivity contribution is 14.1. The fourth-order valence-electron chi connectivity index (χ4n) is 1.30. The average molecular weight is 300 g/mol. The quantitative estimate of drug-likeness (QED) is 0.805. The van der Waals surface area contributed by atoms with Crippen molar-refractivity contribution < 1.29 is 0 Å². The van der Waals surface area contributed by atoms with Crippen LogP contribution in [0.5, 0.6) is 0 Å². The number of nitrogens with zero attached hydrogens (tertiary/aromatic N) is 1. The minimum atomic E-state index is -0.0243. The van der Waals surface area contributed by atoms with E-state index >= 15 is 0 Å². The summed E-state index contributed by atoms with van der Waals surface area (Å²) in [6.45, 7) is 1.87. The zero-order valence-corrected chi connectivity index (χ0v) is 9.78. The van der Waals surface area contributed by atoms with Crippen molar-refractivity contribution in [2.45, 2.75) is 6.92 Å². The van der Waals surface area contributed by atoms with E-state index in [1.54, 1.807) is 6.07 Å². The molecule has 0 aliphatic heterocycles. The molecule has 2 aromatic rings. The molecule has 14 heavy (non-hydrogen) atoms. The van der Waals surface area contributed by atoms with E-state index in [9.17, 15) is 4.79 Å². The van der Waals surface area contributed by atoms with Crippen molar-refractivity contribution in [2.75, 3.05) is 0 Å². The molecule has 0 aliphatic rings. The summed E-state index contributed by atoms with van der Waals surface area (Å²) in [7, 11) is 0. The van der Waals surface area contributed by atoms with Gasteiger partial charge in [-0.2, -0.15) is 0 Å². The van der Waals surface area contributed by atoms with E-state index in [-0.39, 0.29) is 5.56 Å². The van der Waals surface area contributed by atoms with Crippen molar-refractivity contribution in [1.82, 2.24) is 9.78 Å². The Hall–Kier alpha value is -1.04. The maximum absolute atomic E-state index is 11.5. The van der Waals surface area contributed by atoms with Gasteiger partial charge in [0.2, 0.25) is 0 Å². The van der Waals surface area contributed by atoms with E-state index in [1.165, 1.54) is 4.68 Å². The van der Waals surface area contributed by atoms with Crippen LogP contribution in [-0.4, -0.2) is 9.78 Å². The standard InChI is InChI=1S/C10H9IN2O/c1-7-6-10(14)13(12-7)9-4-2-8(11)3-5-9/h2-6,12H,1H3. The maximum Gasteiger partial charge on any atom is 0.271 e. The van der Waals surface area contributed by atoms with Crippen molar-refractivity contribution in [1.29, 1.82) is 0 Å². The molecular formula is C10H9IN2O. The highest BCUT2D eigenvalue weighted by atomic mass is 127. The van der Waals surface area contributed by atoms with Crippen LogP contribution in [0.3, 0.4) is 0 Å². The number of rotatable bonds is 1. The van der Waals surface area contributed by atoms with Gasteiger partial charge in [-0.25, -0.2) is 4.68 Å². The van der Waals surface area contributed by atoms with Crippen LogP contribution in [0.4, 0.5) is 0 Å². The number of nitrogens with one attached hydrogen (secondary N) is 1. The second-order valence-corrected chi connectivity index (χ2v) is 4.33. The van der Waals surface area contributed by atoms with Crippen LogP contribution >= 0.6 is 22.6 Å². The van der Waals surface area contributed by atoms with Crippen molar-refractivity contribution in [2.24, 2.45) is 0 Å². The third kappa shape index (κ3) is 1.75. The molecule has 0 spiro atoms. The molecule has 1 aromatic heterocycles. The summed E-state index contributed by atoms with van der Waals surface area (Å²) in [5, 5.41) is 2.98. The molecule has 0 radical (unpaired) electrons. The van der Waals surface area contributed by atoms with E-state index in [0.29, 0.717) is 0 Å². The van der Waals surface area contributed by atoms with Crippen molar-refractivity contribution in [3.05, 3.63) is 49.9 Å². The summed E-state index contributed by atoms with van der Waals surface area (Å²) in [5.41, 5.74) is 1.71. The van der Waals surface area contributed by atoms with Crippen LogP contribution in [0, 0.1) is 10.5 Å². The number of H-pyrrole nitrogens is 1. The molecule has 72 valence electrons. The Balaban J connectivity index is 2.54. The number of halogens is 1. The Kier molecular flexibility index (Phi) is 2.45. The summed E-state index contributed by atoms with van der Waals surface area (Å²) < 4.78 is 2.69. The summed E-state index contributed by atoms with van der Waals surface area (Å²) in [6, 6.07) is 9.35. The Morgan fingerprint density at radius 2 is 1.93 bits per heavy atom. The van der Waals surface area contributed by atoms with E-state index in [1.807, 2.05) is 31.2 Å². The lowest BCUT2D eigenvalue weighted by molar-refractivity contribution is 0.835. The second kappa shape index (κ2) is 3.61. The molecular weight excluding hydrogens is 291 g/mol. The van der Waals surface area contributed by atoms with Crippen LogP contribution < -0.4 is 5.56 Å². The Bertz CT molecular complexity index is 496. The molecule has 4 heteroatoms. The molecule has 0 bridgehead atoms. The first kappa shape index (κ1) is 9.51. The van der Waals surface area contributed by atoms with Gasteiger partial charge in [-0.1, -0.05) is 0 Å². The smallest absolute Gasteiger partial charge is 0.271 e. The molecule has 0 unspecified atom stereocenters. The van der Waals surface area contributed by atoms with Gasteiger partial charge in [0.1, 0.15) is 0 Å². The van der Waals surface area contributed by atoms with Gasteiger partial charge in [-0.3, -0.25) is 9.89 Å². The number of hydrogen-bond acceptors (Lipinski definition) is 1. The molecule has 0 amide bonds. The predicted molar refractivity (Wildman–Crippen MR) is 63.8 cm³/mol. The van der Waals surface area contributed by atoms with Gasteiger partial charge in [0.15, 0.2) is 0 Å². The largest absolute Gasteiger partial charge is 0.295 e. The van der Waals surface area contributed by atoms with Gasteiger partial charge in [0.25, 0.3) is 5.56 Å². The van der Waals surface area contributed by atoms with E-state index in [2.05, 4.69) is 27.7 Å². The third-order valence-electron chi connectivity index (χ3n) is 1.93. The number of aromatic nitrogens is 2. The minimum absolute atomic E-state index is 0.0243. The van der Waals surface area contributed by atoms with Gasteiger partial charge >= 0.3 is 0 Å². The fraction of sp³-hybridized carbons (Fsp3) is 0.100. The maximum atomic E-state index is 11.5. The highest BCUT2D eigenvalue weighted by Crippen LogP contribution is 2.08. The fourth-order valence-corrected chi connectivity index (χ4v) is 1.66. The first-order valence-electron chi connectivity index (χ1n) is 4.21.